The average molecular weight is 374 g/mol. The van der Waals surface area contributed by atoms with Crippen LogP contribution in [0, 0.1) is 6.92 Å². The molecule has 27 heavy (non-hydrogen) atoms. The smallest absolute Gasteiger partial charge is 0.257 e. The molecule has 0 bridgehead atoms. The fourth-order valence-electron chi connectivity index (χ4n) is 3.98. The Labute approximate surface area is 161 Å². The lowest BCUT2D eigenvalue weighted by molar-refractivity contribution is -0.130. The minimum Gasteiger partial charge on any atom is -0.348 e. The number of carbonyl (C=O) groups excluding carboxylic acids is 2. The van der Waals surface area contributed by atoms with E-state index in [1.807, 2.05) is 11.8 Å². The van der Waals surface area contributed by atoms with Crippen molar-refractivity contribution in [3.05, 3.63) is 23.3 Å². The normalized spacial score (nSPS) is 21.1. The number of hydrogen-bond acceptors (Lipinski definition) is 5. The van der Waals surface area contributed by atoms with Crippen molar-refractivity contribution < 1.29 is 9.59 Å². The molecule has 2 amide bonds. The summed E-state index contributed by atoms with van der Waals surface area (Å²) in [5, 5.41) is 0. The number of hydrogen-bond donors (Lipinski definition) is 0. The van der Waals surface area contributed by atoms with E-state index in [0.29, 0.717) is 17.9 Å². The van der Waals surface area contributed by atoms with Gasteiger partial charge in [-0.25, -0.2) is 9.97 Å². The van der Waals surface area contributed by atoms with Crippen LogP contribution in [0.3, 0.4) is 0 Å². The van der Waals surface area contributed by atoms with Crippen molar-refractivity contribution in [3.63, 3.8) is 0 Å². The van der Waals surface area contributed by atoms with E-state index < -0.39 is 0 Å². The zero-order chi connectivity index (χ0) is 19.4. The Morgan fingerprint density at radius 3 is 2.52 bits per heavy atom. The minimum atomic E-state index is -0.00640. The molecule has 0 saturated carbocycles. The van der Waals surface area contributed by atoms with Crippen LogP contribution >= 0.6 is 0 Å². The first kappa shape index (κ1) is 19.7. The number of carbonyl (C=O) groups is 2. The Balaban J connectivity index is 1.89. The van der Waals surface area contributed by atoms with Crippen molar-refractivity contribution in [2.45, 2.75) is 51.5 Å². The number of rotatable bonds is 4. The predicted octanol–water partition coefficient (Wildman–Crippen LogP) is 2.03. The average Bonchev–Trinajstić information content (AvgIpc) is 2.68. The van der Waals surface area contributed by atoms with E-state index in [4.69, 9.17) is 0 Å². The van der Waals surface area contributed by atoms with Crippen LogP contribution in [0.2, 0.25) is 0 Å². The van der Waals surface area contributed by atoms with Crippen molar-refractivity contribution in [2.75, 3.05) is 40.3 Å². The number of aryl methyl sites for hydroxylation is 1. The molecule has 0 N–H and O–H groups in total. The van der Waals surface area contributed by atoms with Gasteiger partial charge in [0.05, 0.1) is 23.8 Å². The molecule has 3 rings (SSSR count). The number of likely N-dealkylation sites (N-methyl/N-ethyl adjacent to an activating group) is 1. The Bertz CT molecular complexity index is 685. The lowest BCUT2D eigenvalue weighted by Gasteiger charge is -2.36. The van der Waals surface area contributed by atoms with Gasteiger partial charge in [-0.3, -0.25) is 14.5 Å². The van der Waals surface area contributed by atoms with Gasteiger partial charge >= 0.3 is 0 Å². The second-order valence-electron chi connectivity index (χ2n) is 7.84. The summed E-state index contributed by atoms with van der Waals surface area (Å²) in [6, 6.07) is -0.00640. The molecule has 1 atom stereocenters. The topological polar surface area (TPSA) is 69.6 Å². The number of likely N-dealkylation sites (tertiary alicyclic amines) is 2. The lowest BCUT2D eigenvalue weighted by Crippen LogP contribution is -2.43. The van der Waals surface area contributed by atoms with Crippen molar-refractivity contribution in [2.24, 2.45) is 0 Å². The predicted molar refractivity (Wildman–Crippen MR) is 103 cm³/mol. The molecule has 2 fully saturated rings. The van der Waals surface area contributed by atoms with Gasteiger partial charge in [-0.15, -0.1) is 0 Å². The molecule has 1 aromatic heterocycles. The van der Waals surface area contributed by atoms with Gasteiger partial charge < -0.3 is 9.80 Å². The van der Waals surface area contributed by atoms with Gasteiger partial charge in [-0.05, 0) is 45.6 Å². The van der Waals surface area contributed by atoms with Crippen LogP contribution in [0.4, 0.5) is 0 Å². The third kappa shape index (κ3) is 4.64. The molecular weight excluding hydrogens is 342 g/mol. The SMILES string of the molecule is Cc1ncc(C(=O)N2CCCCC2)c(C2CCCCN2CC(=O)N(C)C)n1. The third-order valence-corrected chi connectivity index (χ3v) is 5.58. The van der Waals surface area contributed by atoms with E-state index >= 15 is 0 Å². The Morgan fingerprint density at radius 1 is 1.11 bits per heavy atom. The van der Waals surface area contributed by atoms with E-state index in [1.165, 1.54) is 6.42 Å². The maximum absolute atomic E-state index is 13.2. The molecule has 2 aliphatic heterocycles. The molecule has 7 nitrogen and oxygen atoms in total. The molecule has 1 unspecified atom stereocenters. The van der Waals surface area contributed by atoms with Gasteiger partial charge in [0.2, 0.25) is 5.91 Å². The number of amides is 2. The highest BCUT2D eigenvalue weighted by Gasteiger charge is 2.32. The van der Waals surface area contributed by atoms with Crippen molar-refractivity contribution >= 4 is 11.8 Å². The summed E-state index contributed by atoms with van der Waals surface area (Å²) in [5.74, 6) is 0.787. The first-order valence-corrected chi connectivity index (χ1v) is 10.0. The molecule has 3 heterocycles. The number of aromatic nitrogens is 2. The summed E-state index contributed by atoms with van der Waals surface area (Å²) in [5.41, 5.74) is 1.40. The van der Waals surface area contributed by atoms with Crippen LogP contribution in [0.1, 0.15) is 66.4 Å². The monoisotopic (exact) mass is 373 g/mol. The third-order valence-electron chi connectivity index (χ3n) is 5.58. The van der Waals surface area contributed by atoms with Gasteiger partial charge in [0.15, 0.2) is 0 Å². The van der Waals surface area contributed by atoms with Gasteiger partial charge in [0.25, 0.3) is 5.91 Å². The molecule has 0 radical (unpaired) electrons. The number of nitrogens with zero attached hydrogens (tertiary/aromatic N) is 5. The summed E-state index contributed by atoms with van der Waals surface area (Å²) in [4.78, 5) is 40.2. The first-order chi connectivity index (χ1) is 13.0. The molecule has 148 valence electrons. The molecule has 2 saturated heterocycles. The molecule has 0 spiro atoms. The summed E-state index contributed by atoms with van der Waals surface area (Å²) in [6.07, 6.45) is 8.05. The molecule has 1 aromatic rings. The Hall–Kier alpha value is -2.02. The highest BCUT2D eigenvalue weighted by molar-refractivity contribution is 5.95. The molecule has 0 aliphatic carbocycles. The Morgan fingerprint density at radius 2 is 1.81 bits per heavy atom. The van der Waals surface area contributed by atoms with Crippen molar-refractivity contribution in [1.82, 2.24) is 24.7 Å². The minimum absolute atomic E-state index is 0.00640. The van der Waals surface area contributed by atoms with Gasteiger partial charge in [0.1, 0.15) is 5.82 Å². The van der Waals surface area contributed by atoms with Crippen LogP contribution in [0.25, 0.3) is 0 Å². The fourth-order valence-corrected chi connectivity index (χ4v) is 3.98. The zero-order valence-electron chi connectivity index (χ0n) is 16.8. The van der Waals surface area contributed by atoms with Gasteiger partial charge in [0, 0.05) is 33.4 Å². The van der Waals surface area contributed by atoms with Gasteiger partial charge in [-0.1, -0.05) is 6.42 Å². The number of piperidine rings is 2. The zero-order valence-corrected chi connectivity index (χ0v) is 16.8. The summed E-state index contributed by atoms with van der Waals surface area (Å²) in [6.45, 7) is 4.68. The lowest BCUT2D eigenvalue weighted by atomic mass is 9.95. The van der Waals surface area contributed by atoms with E-state index in [-0.39, 0.29) is 17.9 Å². The second-order valence-corrected chi connectivity index (χ2v) is 7.84. The Kier molecular flexibility index (Phi) is 6.42. The van der Waals surface area contributed by atoms with Crippen LogP contribution in [0.5, 0.6) is 0 Å². The highest BCUT2D eigenvalue weighted by Crippen LogP contribution is 2.32. The van der Waals surface area contributed by atoms with Crippen LogP contribution in [-0.2, 0) is 4.79 Å². The van der Waals surface area contributed by atoms with Gasteiger partial charge in [-0.2, -0.15) is 0 Å². The molecule has 2 aliphatic rings. The summed E-state index contributed by atoms with van der Waals surface area (Å²) < 4.78 is 0. The first-order valence-electron chi connectivity index (χ1n) is 10.0. The maximum atomic E-state index is 13.2. The molecule has 7 heteroatoms. The fraction of sp³-hybridized carbons (Fsp3) is 0.700. The maximum Gasteiger partial charge on any atom is 0.257 e. The summed E-state index contributed by atoms with van der Waals surface area (Å²) in [7, 11) is 3.56. The quantitative estimate of drug-likeness (QED) is 0.808. The summed E-state index contributed by atoms with van der Waals surface area (Å²) >= 11 is 0. The standard InChI is InChI=1S/C20H31N5O2/c1-15-21-13-16(20(27)24-10-6-4-7-11-24)19(22-15)17-9-5-8-12-25(17)14-18(26)23(2)3/h13,17H,4-12,14H2,1-3H3. The highest BCUT2D eigenvalue weighted by atomic mass is 16.2. The van der Waals surface area contributed by atoms with Crippen molar-refractivity contribution in [1.29, 1.82) is 0 Å². The second kappa shape index (κ2) is 8.78. The van der Waals surface area contributed by atoms with E-state index in [1.54, 1.807) is 25.2 Å². The van der Waals surface area contributed by atoms with Crippen LogP contribution < -0.4 is 0 Å². The largest absolute Gasteiger partial charge is 0.348 e. The van der Waals surface area contributed by atoms with E-state index in [2.05, 4.69) is 14.9 Å². The molecular formula is C20H31N5O2. The van der Waals surface area contributed by atoms with E-state index in [0.717, 1.165) is 57.4 Å². The molecule has 0 aromatic carbocycles. The van der Waals surface area contributed by atoms with Crippen LogP contribution in [-0.4, -0.2) is 76.8 Å². The van der Waals surface area contributed by atoms with E-state index in [9.17, 15) is 9.59 Å². The van der Waals surface area contributed by atoms with Crippen LogP contribution in [0.15, 0.2) is 6.20 Å². The van der Waals surface area contributed by atoms with Crippen molar-refractivity contribution in [3.8, 4) is 0 Å².